The topological polar surface area (TPSA) is 64.3 Å². The maximum atomic E-state index is 13.3. The maximum Gasteiger partial charge on any atom is 0.237 e. The highest BCUT2D eigenvalue weighted by Crippen LogP contribution is 2.35. The number of amides is 1. The van der Waals surface area contributed by atoms with E-state index in [9.17, 15) is 9.18 Å². The smallest absolute Gasteiger partial charge is 0.237 e. The van der Waals surface area contributed by atoms with Gasteiger partial charge in [-0.1, -0.05) is 6.08 Å². The predicted octanol–water partition coefficient (Wildman–Crippen LogP) is 2.01. The van der Waals surface area contributed by atoms with Crippen LogP contribution >= 0.6 is 0 Å². The molecule has 0 bridgehead atoms. The molecule has 1 unspecified atom stereocenters. The van der Waals surface area contributed by atoms with Crippen LogP contribution in [0.3, 0.4) is 0 Å². The standard InChI is InChI=1S/C14H17FN2O2/c1-19-13-7-6-11(15)8-12(13)9-2-4-10(5-3-9)14(18)17-16/h2,6-8,10H,3-5,16H2,1H3,(H,17,18). The summed E-state index contributed by atoms with van der Waals surface area (Å²) < 4.78 is 18.6. The van der Waals surface area contributed by atoms with Gasteiger partial charge in [0.05, 0.1) is 7.11 Å². The quantitative estimate of drug-likeness (QED) is 0.498. The molecule has 5 heteroatoms. The lowest BCUT2D eigenvalue weighted by molar-refractivity contribution is -0.125. The number of carbonyl (C=O) groups is 1. The van der Waals surface area contributed by atoms with Crippen molar-refractivity contribution in [2.24, 2.45) is 11.8 Å². The van der Waals surface area contributed by atoms with E-state index < -0.39 is 0 Å². The van der Waals surface area contributed by atoms with Crippen LogP contribution in [0.1, 0.15) is 24.8 Å². The number of allylic oxidation sites excluding steroid dienone is 2. The molecule has 1 aromatic carbocycles. The molecule has 1 amide bonds. The summed E-state index contributed by atoms with van der Waals surface area (Å²) in [5, 5.41) is 0. The zero-order valence-corrected chi connectivity index (χ0v) is 10.8. The fourth-order valence-electron chi connectivity index (χ4n) is 2.37. The summed E-state index contributed by atoms with van der Waals surface area (Å²) in [6.45, 7) is 0. The van der Waals surface area contributed by atoms with Crippen molar-refractivity contribution in [2.45, 2.75) is 19.3 Å². The molecule has 0 heterocycles. The number of nitrogens with one attached hydrogen (secondary N) is 1. The fraction of sp³-hybridized carbons (Fsp3) is 0.357. The van der Waals surface area contributed by atoms with Crippen molar-refractivity contribution in [3.05, 3.63) is 35.7 Å². The molecule has 102 valence electrons. The Hall–Kier alpha value is -1.88. The average Bonchev–Trinajstić information content (AvgIpc) is 2.46. The number of methoxy groups -OCH3 is 1. The van der Waals surface area contributed by atoms with E-state index in [1.54, 1.807) is 13.2 Å². The second kappa shape index (κ2) is 5.84. The highest BCUT2D eigenvalue weighted by atomic mass is 19.1. The van der Waals surface area contributed by atoms with Crippen LogP contribution in [0.4, 0.5) is 4.39 Å². The summed E-state index contributed by atoms with van der Waals surface area (Å²) in [6, 6.07) is 4.45. The molecule has 0 spiro atoms. The first kappa shape index (κ1) is 13.5. The first-order chi connectivity index (χ1) is 9.15. The van der Waals surface area contributed by atoms with E-state index in [0.717, 1.165) is 11.1 Å². The number of hydrazine groups is 1. The molecule has 0 aliphatic heterocycles. The van der Waals surface area contributed by atoms with Gasteiger partial charge in [0.25, 0.3) is 0 Å². The number of hydrogen-bond acceptors (Lipinski definition) is 3. The second-order valence-corrected chi connectivity index (χ2v) is 4.55. The van der Waals surface area contributed by atoms with E-state index in [0.29, 0.717) is 25.0 Å². The van der Waals surface area contributed by atoms with Crippen LogP contribution in [-0.2, 0) is 4.79 Å². The van der Waals surface area contributed by atoms with Gasteiger partial charge in [0.1, 0.15) is 11.6 Å². The van der Waals surface area contributed by atoms with Crippen molar-refractivity contribution in [3.8, 4) is 5.75 Å². The Morgan fingerprint density at radius 1 is 1.53 bits per heavy atom. The van der Waals surface area contributed by atoms with Gasteiger partial charge in [-0.05, 0) is 43.0 Å². The van der Waals surface area contributed by atoms with Crippen LogP contribution in [0.5, 0.6) is 5.75 Å². The monoisotopic (exact) mass is 264 g/mol. The maximum absolute atomic E-state index is 13.3. The number of halogens is 1. The number of carbonyl (C=O) groups excluding carboxylic acids is 1. The molecular formula is C14H17FN2O2. The van der Waals surface area contributed by atoms with Gasteiger partial charge in [0, 0.05) is 11.5 Å². The number of rotatable bonds is 3. The summed E-state index contributed by atoms with van der Waals surface area (Å²) in [6.07, 6.45) is 3.98. The lowest BCUT2D eigenvalue weighted by atomic mass is 9.86. The first-order valence-electron chi connectivity index (χ1n) is 6.19. The molecule has 0 saturated carbocycles. The summed E-state index contributed by atoms with van der Waals surface area (Å²) in [5.74, 6) is 5.22. The third-order valence-corrected chi connectivity index (χ3v) is 3.43. The van der Waals surface area contributed by atoms with Gasteiger partial charge in [0.15, 0.2) is 0 Å². The number of benzene rings is 1. The minimum absolute atomic E-state index is 0.103. The molecule has 0 radical (unpaired) electrons. The van der Waals surface area contributed by atoms with Gasteiger partial charge >= 0.3 is 0 Å². The number of ether oxygens (including phenoxy) is 1. The van der Waals surface area contributed by atoms with Crippen molar-refractivity contribution in [1.82, 2.24) is 5.43 Å². The minimum Gasteiger partial charge on any atom is -0.496 e. The van der Waals surface area contributed by atoms with Crippen LogP contribution in [0.15, 0.2) is 24.3 Å². The molecule has 0 aromatic heterocycles. The third kappa shape index (κ3) is 2.93. The summed E-state index contributed by atoms with van der Waals surface area (Å²) >= 11 is 0. The molecular weight excluding hydrogens is 247 g/mol. The Kier molecular flexibility index (Phi) is 4.16. The van der Waals surface area contributed by atoms with Crippen molar-refractivity contribution >= 4 is 11.5 Å². The van der Waals surface area contributed by atoms with E-state index in [1.165, 1.54) is 12.1 Å². The normalized spacial score (nSPS) is 18.7. The lowest BCUT2D eigenvalue weighted by Crippen LogP contribution is -2.36. The van der Waals surface area contributed by atoms with E-state index >= 15 is 0 Å². The zero-order chi connectivity index (χ0) is 13.8. The molecule has 0 fully saturated rings. The number of hydrogen-bond donors (Lipinski definition) is 2. The van der Waals surface area contributed by atoms with Crippen molar-refractivity contribution in [2.75, 3.05) is 7.11 Å². The van der Waals surface area contributed by atoms with Crippen LogP contribution in [0.25, 0.3) is 5.57 Å². The molecule has 1 aromatic rings. The average molecular weight is 264 g/mol. The highest BCUT2D eigenvalue weighted by Gasteiger charge is 2.22. The van der Waals surface area contributed by atoms with Crippen molar-refractivity contribution in [3.63, 3.8) is 0 Å². The van der Waals surface area contributed by atoms with Gasteiger partial charge in [-0.3, -0.25) is 10.2 Å². The van der Waals surface area contributed by atoms with Crippen LogP contribution in [0.2, 0.25) is 0 Å². The molecule has 1 aliphatic rings. The van der Waals surface area contributed by atoms with Gasteiger partial charge < -0.3 is 4.74 Å². The number of nitrogens with two attached hydrogens (primary N) is 1. The Balaban J connectivity index is 2.22. The van der Waals surface area contributed by atoms with Crippen molar-refractivity contribution in [1.29, 1.82) is 0 Å². The molecule has 4 nitrogen and oxygen atoms in total. The Bertz CT molecular complexity index is 514. The summed E-state index contributed by atoms with van der Waals surface area (Å²) in [7, 11) is 1.56. The molecule has 2 rings (SSSR count). The minimum atomic E-state index is -0.293. The van der Waals surface area contributed by atoms with E-state index in [1.807, 2.05) is 6.08 Å². The summed E-state index contributed by atoms with van der Waals surface area (Å²) in [5.41, 5.74) is 3.94. The Morgan fingerprint density at radius 3 is 2.89 bits per heavy atom. The lowest BCUT2D eigenvalue weighted by Gasteiger charge is -2.21. The molecule has 1 atom stereocenters. The molecule has 1 aliphatic carbocycles. The van der Waals surface area contributed by atoms with Crippen LogP contribution < -0.4 is 16.0 Å². The second-order valence-electron chi connectivity index (χ2n) is 4.55. The molecule has 3 N–H and O–H groups in total. The van der Waals surface area contributed by atoms with E-state index in [4.69, 9.17) is 10.6 Å². The zero-order valence-electron chi connectivity index (χ0n) is 10.8. The third-order valence-electron chi connectivity index (χ3n) is 3.43. The Labute approximate surface area is 111 Å². The SMILES string of the molecule is COc1ccc(F)cc1C1=CCC(C(=O)NN)CC1. The molecule has 0 saturated heterocycles. The fourth-order valence-corrected chi connectivity index (χ4v) is 2.37. The van der Waals surface area contributed by atoms with Gasteiger partial charge in [-0.25, -0.2) is 10.2 Å². The first-order valence-corrected chi connectivity index (χ1v) is 6.19. The largest absolute Gasteiger partial charge is 0.496 e. The summed E-state index contributed by atoms with van der Waals surface area (Å²) in [4.78, 5) is 11.4. The Morgan fingerprint density at radius 2 is 2.32 bits per heavy atom. The van der Waals surface area contributed by atoms with Gasteiger partial charge in [-0.2, -0.15) is 0 Å². The molecule has 19 heavy (non-hydrogen) atoms. The van der Waals surface area contributed by atoms with Gasteiger partial charge in [-0.15, -0.1) is 0 Å². The van der Waals surface area contributed by atoms with Crippen LogP contribution in [0, 0.1) is 11.7 Å². The van der Waals surface area contributed by atoms with E-state index in [-0.39, 0.29) is 17.6 Å². The van der Waals surface area contributed by atoms with Gasteiger partial charge in [0.2, 0.25) is 5.91 Å². The highest BCUT2D eigenvalue weighted by molar-refractivity contribution is 5.80. The van der Waals surface area contributed by atoms with Crippen molar-refractivity contribution < 1.29 is 13.9 Å². The van der Waals surface area contributed by atoms with E-state index in [2.05, 4.69) is 5.43 Å². The van der Waals surface area contributed by atoms with Crippen LogP contribution in [-0.4, -0.2) is 13.0 Å². The predicted molar refractivity (Wildman–Crippen MR) is 70.6 cm³/mol.